The Morgan fingerprint density at radius 1 is 1.13 bits per heavy atom. The first-order valence-electron chi connectivity index (χ1n) is 6.16. The summed E-state index contributed by atoms with van der Waals surface area (Å²) < 4.78 is 5.27. The molecular weight excluding hydrogens is 359 g/mol. The molecule has 0 aliphatic carbocycles. The molecule has 1 nitrogen and oxygen atoms in total. The van der Waals surface area contributed by atoms with Crippen molar-refractivity contribution in [2.24, 2.45) is 0 Å². The standard InChI is InChI=1S/C4H7O.2C4H9.BrH.Sn/c1-2-3-4-5;2*1-3-4-2;;/h1-2,5H,3-4H2;2*1,3-4H2,2H3;1H;/q;;;;+1/p-1. The molecule has 0 spiro atoms. The van der Waals surface area contributed by atoms with E-state index in [0.717, 1.165) is 6.42 Å². The van der Waals surface area contributed by atoms with Gasteiger partial charge in [0.05, 0.1) is 0 Å². The maximum atomic E-state index is 8.77. The molecule has 0 radical (unpaired) electrons. The molecule has 3 heteroatoms. The Morgan fingerprint density at radius 2 is 1.67 bits per heavy atom. The van der Waals surface area contributed by atoms with Crippen LogP contribution in [0.2, 0.25) is 8.87 Å². The first kappa shape index (κ1) is 16.0. The van der Waals surface area contributed by atoms with Gasteiger partial charge in [0.25, 0.3) is 0 Å². The summed E-state index contributed by atoms with van der Waals surface area (Å²) in [6.45, 7) is 4.81. The molecule has 90 valence electrons. The van der Waals surface area contributed by atoms with Gasteiger partial charge in [-0.25, -0.2) is 0 Å². The first-order chi connectivity index (χ1) is 7.18. The molecule has 0 amide bonds. The average Bonchev–Trinajstić information content (AvgIpc) is 2.24. The molecule has 0 bridgehead atoms. The van der Waals surface area contributed by atoms with Crippen LogP contribution in [0.4, 0.5) is 0 Å². The SMILES string of the molecule is CCC[CH2][Sn]([Br])(/[CH]=C\CCO)[CH2]CCC. The van der Waals surface area contributed by atoms with Crippen LogP contribution in [-0.4, -0.2) is 27.9 Å². The number of hydrogen-bond donors (Lipinski definition) is 1. The Bertz CT molecular complexity index is 163. The van der Waals surface area contributed by atoms with Crippen LogP contribution in [-0.2, 0) is 0 Å². The van der Waals surface area contributed by atoms with Crippen LogP contribution in [0.3, 0.4) is 0 Å². The van der Waals surface area contributed by atoms with E-state index in [1.165, 1.54) is 34.6 Å². The monoisotopic (exact) mass is 384 g/mol. The van der Waals surface area contributed by atoms with Gasteiger partial charge in [0.15, 0.2) is 0 Å². The van der Waals surface area contributed by atoms with E-state index in [1.54, 1.807) is 0 Å². The van der Waals surface area contributed by atoms with Gasteiger partial charge in [0.2, 0.25) is 0 Å². The van der Waals surface area contributed by atoms with E-state index >= 15 is 0 Å². The summed E-state index contributed by atoms with van der Waals surface area (Å²) in [5, 5.41) is 8.77. The van der Waals surface area contributed by atoms with Gasteiger partial charge in [-0.2, -0.15) is 0 Å². The molecule has 0 aromatic heterocycles. The van der Waals surface area contributed by atoms with E-state index in [2.05, 4.69) is 36.7 Å². The summed E-state index contributed by atoms with van der Waals surface area (Å²) >= 11 is 1.99. The third-order valence-corrected chi connectivity index (χ3v) is 18.8. The van der Waals surface area contributed by atoms with Crippen LogP contribution in [0.25, 0.3) is 0 Å². The van der Waals surface area contributed by atoms with Gasteiger partial charge in [-0.1, -0.05) is 0 Å². The van der Waals surface area contributed by atoms with Gasteiger partial charge in [0.1, 0.15) is 0 Å². The van der Waals surface area contributed by atoms with E-state index < -0.39 is 16.2 Å². The number of hydrogen-bond acceptors (Lipinski definition) is 1. The van der Waals surface area contributed by atoms with Crippen molar-refractivity contribution in [1.29, 1.82) is 0 Å². The molecule has 0 heterocycles. The van der Waals surface area contributed by atoms with Gasteiger partial charge in [-0.05, 0) is 0 Å². The number of rotatable bonds is 9. The normalized spacial score (nSPS) is 12.5. The molecule has 15 heavy (non-hydrogen) atoms. The topological polar surface area (TPSA) is 20.2 Å². The molecule has 1 N–H and O–H groups in total. The maximum absolute atomic E-state index is 8.77. The average molecular weight is 384 g/mol. The second-order valence-corrected chi connectivity index (χ2v) is 24.5. The predicted octanol–water partition coefficient (Wildman–Crippen LogP) is 4.40. The van der Waals surface area contributed by atoms with Crippen molar-refractivity contribution in [1.82, 2.24) is 0 Å². The molecular formula is C12H25BrOSn. The Labute approximate surface area is 105 Å². The van der Waals surface area contributed by atoms with Crippen molar-refractivity contribution in [2.75, 3.05) is 6.61 Å². The van der Waals surface area contributed by atoms with Gasteiger partial charge in [0, 0.05) is 0 Å². The molecule has 0 saturated heterocycles. The van der Waals surface area contributed by atoms with Crippen molar-refractivity contribution in [3.05, 3.63) is 10.2 Å². The van der Waals surface area contributed by atoms with Gasteiger partial charge < -0.3 is 0 Å². The van der Waals surface area contributed by atoms with Crippen LogP contribution < -0.4 is 0 Å². The summed E-state index contributed by atoms with van der Waals surface area (Å²) in [5.41, 5.74) is 0. The van der Waals surface area contributed by atoms with Gasteiger partial charge in [-0.15, -0.1) is 0 Å². The fourth-order valence-electron chi connectivity index (χ4n) is 1.60. The summed E-state index contributed by atoms with van der Waals surface area (Å²) in [4.78, 5) is 0. The van der Waals surface area contributed by atoms with Crippen LogP contribution >= 0.6 is 12.7 Å². The molecule has 0 aliphatic rings. The second kappa shape index (κ2) is 10.2. The van der Waals surface area contributed by atoms with Crippen LogP contribution in [0, 0.1) is 0 Å². The Hall–Kier alpha value is 0.979. The molecule has 0 aromatic rings. The summed E-state index contributed by atoms with van der Waals surface area (Å²) in [7, 11) is 0. The fourth-order valence-corrected chi connectivity index (χ4v) is 15.3. The second-order valence-electron chi connectivity index (χ2n) is 4.16. The third-order valence-electron chi connectivity index (χ3n) is 2.60. The van der Waals surface area contributed by atoms with Gasteiger partial charge in [-0.3, -0.25) is 0 Å². The van der Waals surface area contributed by atoms with E-state index in [1.807, 2.05) is 0 Å². The minimum absolute atomic E-state index is 0.285. The van der Waals surface area contributed by atoms with Crippen LogP contribution in [0.1, 0.15) is 46.0 Å². The Kier molecular flexibility index (Phi) is 10.8. The summed E-state index contributed by atoms with van der Waals surface area (Å²) in [6.07, 6.45) is 8.32. The third kappa shape index (κ3) is 8.75. The Morgan fingerprint density at radius 3 is 2.07 bits per heavy atom. The first-order valence-corrected chi connectivity index (χ1v) is 18.2. The van der Waals surface area contributed by atoms with Crippen LogP contribution in [0.15, 0.2) is 10.2 Å². The van der Waals surface area contributed by atoms with Crippen LogP contribution in [0.5, 0.6) is 0 Å². The Balaban J connectivity index is 4.12. The van der Waals surface area contributed by atoms with Crippen molar-refractivity contribution in [3.8, 4) is 0 Å². The molecule has 0 unspecified atom stereocenters. The van der Waals surface area contributed by atoms with Crippen molar-refractivity contribution in [2.45, 2.75) is 54.8 Å². The summed E-state index contributed by atoms with van der Waals surface area (Å²) in [5.74, 6) is 0. The van der Waals surface area contributed by atoms with E-state index in [-0.39, 0.29) is 6.61 Å². The van der Waals surface area contributed by atoms with E-state index in [4.69, 9.17) is 5.11 Å². The molecule has 0 fully saturated rings. The van der Waals surface area contributed by atoms with Crippen molar-refractivity contribution >= 4 is 28.9 Å². The van der Waals surface area contributed by atoms with E-state index in [0.29, 0.717) is 0 Å². The van der Waals surface area contributed by atoms with Crippen molar-refractivity contribution < 1.29 is 5.11 Å². The molecule has 0 atom stereocenters. The zero-order valence-corrected chi connectivity index (χ0v) is 14.6. The quantitative estimate of drug-likeness (QED) is 0.585. The summed E-state index contributed by atoms with van der Waals surface area (Å²) in [6, 6.07) is 0. The number of halogens is 1. The van der Waals surface area contributed by atoms with Crippen molar-refractivity contribution in [3.63, 3.8) is 0 Å². The zero-order chi connectivity index (χ0) is 11.6. The number of aliphatic hydroxyl groups is 1. The predicted molar refractivity (Wildman–Crippen MR) is 75.0 cm³/mol. The van der Waals surface area contributed by atoms with E-state index in [9.17, 15) is 0 Å². The van der Waals surface area contributed by atoms with Gasteiger partial charge >= 0.3 is 106 Å². The molecule has 0 aliphatic heterocycles. The fraction of sp³-hybridized carbons (Fsp3) is 0.833. The zero-order valence-electron chi connectivity index (χ0n) is 10.1. The molecule has 0 rings (SSSR count). The number of unbranched alkanes of at least 4 members (excludes halogenated alkanes) is 2. The minimum atomic E-state index is -2.07. The molecule has 0 saturated carbocycles. The number of aliphatic hydroxyl groups excluding tert-OH is 1. The molecule has 0 aromatic carbocycles.